The fourth-order valence-electron chi connectivity index (χ4n) is 2.68. The molecule has 1 aliphatic rings. The van der Waals surface area contributed by atoms with E-state index >= 15 is 0 Å². The Bertz CT molecular complexity index is 518. The van der Waals surface area contributed by atoms with Crippen LogP contribution in [-0.2, 0) is 6.54 Å². The van der Waals surface area contributed by atoms with E-state index in [4.69, 9.17) is 0 Å². The summed E-state index contributed by atoms with van der Waals surface area (Å²) in [6.07, 6.45) is 1.97. The van der Waals surface area contributed by atoms with E-state index in [1.807, 2.05) is 11.8 Å². The van der Waals surface area contributed by atoms with E-state index in [9.17, 15) is 5.11 Å². The molecule has 1 aromatic rings. The fraction of sp³-hybridized carbons (Fsp3) is 0.611. The SMILES string of the molecule is CCNC(=NCc1ccc(C)cc1)NCC1(O)CCC1SCC. The molecule has 0 aromatic heterocycles. The second kappa shape index (κ2) is 8.60. The summed E-state index contributed by atoms with van der Waals surface area (Å²) in [6, 6.07) is 8.43. The standard InChI is InChI=1S/C18H29N3OS/c1-4-19-17(20-12-15-8-6-14(3)7-9-15)21-13-18(22)11-10-16(18)23-5-2/h6-9,16,22H,4-5,10-13H2,1-3H3,(H2,19,20,21). The van der Waals surface area contributed by atoms with Crippen LogP contribution in [0.1, 0.15) is 37.8 Å². The van der Waals surface area contributed by atoms with Gasteiger partial charge in [0.2, 0.25) is 0 Å². The molecule has 0 spiro atoms. The molecule has 128 valence electrons. The fourth-order valence-corrected chi connectivity index (χ4v) is 3.88. The summed E-state index contributed by atoms with van der Waals surface area (Å²) < 4.78 is 0. The zero-order valence-electron chi connectivity index (χ0n) is 14.4. The highest BCUT2D eigenvalue weighted by Gasteiger charge is 2.45. The van der Waals surface area contributed by atoms with Gasteiger partial charge in [0.1, 0.15) is 0 Å². The van der Waals surface area contributed by atoms with E-state index in [0.717, 1.165) is 31.1 Å². The Morgan fingerprint density at radius 3 is 2.61 bits per heavy atom. The lowest BCUT2D eigenvalue weighted by Crippen LogP contribution is -2.58. The van der Waals surface area contributed by atoms with Crippen molar-refractivity contribution in [3.8, 4) is 0 Å². The summed E-state index contributed by atoms with van der Waals surface area (Å²) in [5, 5.41) is 17.6. The van der Waals surface area contributed by atoms with Gasteiger partial charge in [-0.3, -0.25) is 0 Å². The number of aryl methyl sites for hydroxylation is 1. The molecule has 2 atom stereocenters. The average Bonchev–Trinajstić information content (AvgIpc) is 2.55. The van der Waals surface area contributed by atoms with Gasteiger partial charge in [-0.1, -0.05) is 36.8 Å². The number of thioether (sulfide) groups is 1. The molecule has 1 aliphatic carbocycles. The lowest BCUT2D eigenvalue weighted by molar-refractivity contribution is -0.0198. The van der Waals surface area contributed by atoms with Crippen LogP contribution in [0.25, 0.3) is 0 Å². The van der Waals surface area contributed by atoms with E-state index in [1.165, 1.54) is 11.1 Å². The van der Waals surface area contributed by atoms with Crippen molar-refractivity contribution >= 4 is 17.7 Å². The summed E-state index contributed by atoms with van der Waals surface area (Å²) in [7, 11) is 0. The molecule has 0 aliphatic heterocycles. The van der Waals surface area contributed by atoms with Crippen molar-refractivity contribution in [3.05, 3.63) is 35.4 Å². The van der Waals surface area contributed by atoms with Gasteiger partial charge in [-0.25, -0.2) is 4.99 Å². The maximum Gasteiger partial charge on any atom is 0.191 e. The van der Waals surface area contributed by atoms with Gasteiger partial charge in [-0.2, -0.15) is 11.8 Å². The first-order valence-electron chi connectivity index (χ1n) is 8.49. The average molecular weight is 336 g/mol. The first kappa shape index (κ1) is 18.1. The third-order valence-corrected chi connectivity index (χ3v) is 5.66. The lowest BCUT2D eigenvalue weighted by atomic mass is 9.79. The van der Waals surface area contributed by atoms with E-state index < -0.39 is 5.60 Å². The van der Waals surface area contributed by atoms with Gasteiger partial charge in [-0.15, -0.1) is 0 Å². The van der Waals surface area contributed by atoms with Gasteiger partial charge in [0.25, 0.3) is 0 Å². The molecular weight excluding hydrogens is 306 g/mol. The Labute approximate surface area is 144 Å². The van der Waals surface area contributed by atoms with Crippen molar-refractivity contribution in [2.75, 3.05) is 18.8 Å². The van der Waals surface area contributed by atoms with Gasteiger partial charge in [0.15, 0.2) is 5.96 Å². The first-order chi connectivity index (χ1) is 11.1. The number of nitrogens with zero attached hydrogens (tertiary/aromatic N) is 1. The molecule has 2 rings (SSSR count). The number of nitrogens with one attached hydrogen (secondary N) is 2. The number of aliphatic imine (C=N–C) groups is 1. The molecule has 0 radical (unpaired) electrons. The number of guanidine groups is 1. The molecule has 5 heteroatoms. The Morgan fingerprint density at radius 2 is 2.04 bits per heavy atom. The number of rotatable bonds is 7. The smallest absolute Gasteiger partial charge is 0.191 e. The second-order valence-electron chi connectivity index (χ2n) is 6.12. The zero-order valence-corrected chi connectivity index (χ0v) is 15.2. The largest absolute Gasteiger partial charge is 0.387 e. The molecule has 4 nitrogen and oxygen atoms in total. The highest BCUT2D eigenvalue weighted by Crippen LogP contribution is 2.40. The Kier molecular flexibility index (Phi) is 6.78. The van der Waals surface area contributed by atoms with Crippen molar-refractivity contribution in [3.63, 3.8) is 0 Å². The molecule has 3 N–H and O–H groups in total. The summed E-state index contributed by atoms with van der Waals surface area (Å²) >= 11 is 1.85. The molecule has 0 amide bonds. The van der Waals surface area contributed by atoms with Crippen molar-refractivity contribution in [2.24, 2.45) is 4.99 Å². The highest BCUT2D eigenvalue weighted by atomic mass is 32.2. The highest BCUT2D eigenvalue weighted by molar-refractivity contribution is 8.00. The Balaban J connectivity index is 1.90. The third-order valence-electron chi connectivity index (χ3n) is 4.25. The normalized spacial score (nSPS) is 24.2. The van der Waals surface area contributed by atoms with Gasteiger partial charge in [0, 0.05) is 18.3 Å². The Morgan fingerprint density at radius 1 is 1.30 bits per heavy atom. The van der Waals surface area contributed by atoms with Crippen molar-refractivity contribution in [1.82, 2.24) is 10.6 Å². The number of hydrogen-bond acceptors (Lipinski definition) is 3. The third kappa shape index (κ3) is 5.15. The Hall–Kier alpha value is -1.20. The molecule has 0 bridgehead atoms. The first-order valence-corrected chi connectivity index (χ1v) is 9.54. The number of aliphatic hydroxyl groups is 1. The predicted molar refractivity (Wildman–Crippen MR) is 100 cm³/mol. The minimum absolute atomic E-state index is 0.347. The van der Waals surface area contributed by atoms with E-state index in [0.29, 0.717) is 18.3 Å². The monoisotopic (exact) mass is 335 g/mol. The zero-order chi connectivity index (χ0) is 16.7. The predicted octanol–water partition coefficient (Wildman–Crippen LogP) is 2.70. The topological polar surface area (TPSA) is 56.7 Å². The second-order valence-corrected chi connectivity index (χ2v) is 7.60. The van der Waals surface area contributed by atoms with Gasteiger partial charge in [-0.05, 0) is 38.0 Å². The van der Waals surface area contributed by atoms with Crippen LogP contribution < -0.4 is 10.6 Å². The van der Waals surface area contributed by atoms with Crippen LogP contribution in [0.3, 0.4) is 0 Å². The van der Waals surface area contributed by atoms with Crippen LogP contribution >= 0.6 is 11.8 Å². The van der Waals surface area contributed by atoms with Gasteiger partial charge >= 0.3 is 0 Å². The molecule has 2 unspecified atom stereocenters. The van der Waals surface area contributed by atoms with Crippen LogP contribution in [0, 0.1) is 6.92 Å². The number of hydrogen-bond donors (Lipinski definition) is 3. The minimum Gasteiger partial charge on any atom is -0.387 e. The summed E-state index contributed by atoms with van der Waals surface area (Å²) in [5.41, 5.74) is 1.85. The van der Waals surface area contributed by atoms with Gasteiger partial charge in [0.05, 0.1) is 12.1 Å². The van der Waals surface area contributed by atoms with Crippen LogP contribution in [0.2, 0.25) is 0 Å². The van der Waals surface area contributed by atoms with E-state index in [-0.39, 0.29) is 0 Å². The quantitative estimate of drug-likeness (QED) is 0.530. The minimum atomic E-state index is -0.597. The summed E-state index contributed by atoms with van der Waals surface area (Å²) in [5.74, 6) is 1.82. The molecule has 0 heterocycles. The molecular formula is C18H29N3OS. The molecule has 1 saturated carbocycles. The van der Waals surface area contributed by atoms with E-state index in [2.05, 4.69) is 60.7 Å². The van der Waals surface area contributed by atoms with Crippen molar-refractivity contribution < 1.29 is 5.11 Å². The molecule has 1 fully saturated rings. The van der Waals surface area contributed by atoms with Crippen molar-refractivity contribution in [2.45, 2.75) is 51.0 Å². The maximum atomic E-state index is 10.7. The van der Waals surface area contributed by atoms with E-state index in [1.54, 1.807) is 0 Å². The number of benzene rings is 1. The molecule has 1 aromatic carbocycles. The maximum absolute atomic E-state index is 10.7. The van der Waals surface area contributed by atoms with Crippen LogP contribution in [0.5, 0.6) is 0 Å². The van der Waals surface area contributed by atoms with Gasteiger partial charge < -0.3 is 15.7 Å². The lowest BCUT2D eigenvalue weighted by Gasteiger charge is -2.45. The van der Waals surface area contributed by atoms with Crippen LogP contribution in [-0.4, -0.2) is 40.8 Å². The van der Waals surface area contributed by atoms with Crippen LogP contribution in [0.15, 0.2) is 29.3 Å². The molecule has 23 heavy (non-hydrogen) atoms. The van der Waals surface area contributed by atoms with Crippen LogP contribution in [0.4, 0.5) is 0 Å². The summed E-state index contributed by atoms with van der Waals surface area (Å²) in [6.45, 7) is 8.29. The van der Waals surface area contributed by atoms with Crippen molar-refractivity contribution in [1.29, 1.82) is 0 Å². The molecule has 0 saturated heterocycles. The summed E-state index contributed by atoms with van der Waals surface area (Å²) in [4.78, 5) is 4.62.